The molecule has 19 heteroatoms. The van der Waals surface area contributed by atoms with Crippen molar-refractivity contribution in [1.29, 1.82) is 0 Å². The molecule has 1 atom stereocenters. The van der Waals surface area contributed by atoms with Crippen molar-refractivity contribution in [2.75, 3.05) is 84.5 Å². The number of sulfonamides is 1. The third-order valence-corrected chi connectivity index (χ3v) is 13.0. The molecule has 2 aliphatic heterocycles. The van der Waals surface area contributed by atoms with Crippen molar-refractivity contribution < 1.29 is 46.5 Å². The normalized spacial score (nSPS) is 16.7. The molecular formula is C43H53N7O11S. The van der Waals surface area contributed by atoms with E-state index in [0.717, 1.165) is 18.5 Å². The highest BCUT2D eigenvalue weighted by molar-refractivity contribution is 7.89. The number of carbonyl (C=O) groups is 3. The Kier molecular flexibility index (Phi) is 14.3. The second kappa shape index (κ2) is 19.6. The zero-order valence-electron chi connectivity index (χ0n) is 35.8. The molecule has 2 aliphatic rings. The van der Waals surface area contributed by atoms with Crippen LogP contribution in [0.2, 0.25) is 0 Å². The number of benzene rings is 3. The third-order valence-electron chi connectivity index (χ3n) is 11.1. The molecule has 2 bridgehead atoms. The number of hydrogen-bond donors (Lipinski definition) is 2. The van der Waals surface area contributed by atoms with Gasteiger partial charge in [-0.25, -0.2) is 18.2 Å². The van der Waals surface area contributed by atoms with Crippen LogP contribution >= 0.6 is 0 Å². The summed E-state index contributed by atoms with van der Waals surface area (Å²) >= 11 is 0. The minimum Gasteiger partial charge on any atom is -0.493 e. The van der Waals surface area contributed by atoms with Crippen LogP contribution < -0.4 is 35.1 Å². The SMILES string of the molecule is COc1cc2nc3c(cc2c(OC)c1OC)CN(S(=O)(=O)c1ccc2oc(=O)n(C)c2c1)CCCCN(C(=O)c1cccc(N(C)C)c1)CC(=O)NCC1CCCN3C1.O=CO. The van der Waals surface area contributed by atoms with E-state index in [1.807, 2.05) is 37.2 Å². The second-order valence-electron chi connectivity index (χ2n) is 15.3. The average molecular weight is 876 g/mol. The number of amides is 2. The van der Waals surface area contributed by atoms with Crippen molar-refractivity contribution in [1.82, 2.24) is 24.1 Å². The predicted octanol–water partition coefficient (Wildman–Crippen LogP) is 3.93. The topological polar surface area (TPSA) is 206 Å². The van der Waals surface area contributed by atoms with E-state index >= 15 is 0 Å². The van der Waals surface area contributed by atoms with Crippen LogP contribution in [0.25, 0.3) is 22.0 Å². The summed E-state index contributed by atoms with van der Waals surface area (Å²) in [6.45, 7) is 1.44. The summed E-state index contributed by atoms with van der Waals surface area (Å²) in [6.07, 6.45) is 2.42. The van der Waals surface area contributed by atoms with Crippen molar-refractivity contribution in [2.45, 2.75) is 37.1 Å². The van der Waals surface area contributed by atoms with Gasteiger partial charge < -0.3 is 43.8 Å². The Bertz CT molecular complexity index is 2610. The number of carbonyl (C=O) groups excluding carboxylic acids is 2. The Morgan fingerprint density at radius 3 is 2.40 bits per heavy atom. The Labute approximate surface area is 359 Å². The van der Waals surface area contributed by atoms with E-state index < -0.39 is 15.8 Å². The van der Waals surface area contributed by atoms with Crippen LogP contribution in [0.3, 0.4) is 0 Å². The van der Waals surface area contributed by atoms with Crippen LogP contribution in [0.4, 0.5) is 11.5 Å². The second-order valence-corrected chi connectivity index (χ2v) is 17.3. The fourth-order valence-electron chi connectivity index (χ4n) is 7.96. The molecule has 7 rings (SSSR count). The highest BCUT2D eigenvalue weighted by Gasteiger charge is 2.31. The number of methoxy groups -OCH3 is 3. The smallest absolute Gasteiger partial charge is 0.419 e. The molecule has 332 valence electrons. The van der Waals surface area contributed by atoms with Crippen LogP contribution in [0, 0.1) is 5.92 Å². The summed E-state index contributed by atoms with van der Waals surface area (Å²) in [5.41, 5.74) is 3.13. The molecule has 0 spiro atoms. The molecule has 2 N–H and O–H groups in total. The molecule has 1 fully saturated rings. The average Bonchev–Trinajstić information content (AvgIpc) is 3.56. The van der Waals surface area contributed by atoms with Gasteiger partial charge in [0.2, 0.25) is 21.7 Å². The summed E-state index contributed by atoms with van der Waals surface area (Å²) in [6, 6.07) is 15.3. The van der Waals surface area contributed by atoms with Gasteiger partial charge in [-0.1, -0.05) is 6.07 Å². The molecule has 1 saturated heterocycles. The first-order valence-corrected chi connectivity index (χ1v) is 21.6. The fraction of sp³-hybridized carbons (Fsp3) is 0.419. The van der Waals surface area contributed by atoms with Gasteiger partial charge in [0, 0.05) is 88.7 Å². The van der Waals surface area contributed by atoms with E-state index in [0.29, 0.717) is 83.1 Å². The van der Waals surface area contributed by atoms with E-state index in [1.54, 1.807) is 18.2 Å². The zero-order chi connectivity index (χ0) is 44.7. The highest BCUT2D eigenvalue weighted by atomic mass is 32.2. The number of piperidine rings is 1. The van der Waals surface area contributed by atoms with Gasteiger partial charge in [0.1, 0.15) is 5.82 Å². The van der Waals surface area contributed by atoms with Gasteiger partial charge >= 0.3 is 5.76 Å². The van der Waals surface area contributed by atoms with Crippen LogP contribution in [-0.2, 0) is 33.2 Å². The van der Waals surface area contributed by atoms with Gasteiger partial charge in [0.05, 0.1) is 43.8 Å². The monoisotopic (exact) mass is 875 g/mol. The lowest BCUT2D eigenvalue weighted by molar-refractivity contribution is -0.123. The van der Waals surface area contributed by atoms with Crippen molar-refractivity contribution in [2.24, 2.45) is 13.0 Å². The number of carboxylic acid groups (broad SMARTS) is 1. The first-order chi connectivity index (χ1) is 29.7. The van der Waals surface area contributed by atoms with Gasteiger partial charge in [-0.15, -0.1) is 0 Å². The fourth-order valence-corrected chi connectivity index (χ4v) is 9.43. The number of pyridine rings is 1. The van der Waals surface area contributed by atoms with Crippen LogP contribution in [0.5, 0.6) is 17.2 Å². The maximum absolute atomic E-state index is 14.9. The minimum atomic E-state index is -4.22. The van der Waals surface area contributed by atoms with E-state index in [9.17, 15) is 22.8 Å². The molecule has 0 aliphatic carbocycles. The number of ether oxygens (including phenoxy) is 3. The van der Waals surface area contributed by atoms with Crippen molar-refractivity contribution in [3.63, 3.8) is 0 Å². The molecule has 0 saturated carbocycles. The number of oxazole rings is 1. The van der Waals surface area contributed by atoms with E-state index in [1.165, 1.54) is 60.3 Å². The lowest BCUT2D eigenvalue weighted by Gasteiger charge is -2.36. The van der Waals surface area contributed by atoms with Gasteiger partial charge in [-0.2, -0.15) is 4.31 Å². The van der Waals surface area contributed by atoms with Gasteiger partial charge in [0.15, 0.2) is 17.1 Å². The summed E-state index contributed by atoms with van der Waals surface area (Å²) in [7, 11) is 5.68. The molecule has 5 aromatic rings. The van der Waals surface area contributed by atoms with Gasteiger partial charge in [-0.3, -0.25) is 19.0 Å². The molecule has 2 aromatic heterocycles. The summed E-state index contributed by atoms with van der Waals surface area (Å²) in [5, 5.41) is 10.6. The first-order valence-electron chi connectivity index (χ1n) is 20.1. The molecule has 18 nitrogen and oxygen atoms in total. The molecule has 2 amide bonds. The lowest BCUT2D eigenvalue weighted by atomic mass is 9.97. The number of rotatable bonds is 7. The third kappa shape index (κ3) is 9.58. The van der Waals surface area contributed by atoms with E-state index in [4.69, 9.17) is 33.5 Å². The number of fused-ring (bicyclic) bond motifs is 6. The van der Waals surface area contributed by atoms with Crippen LogP contribution in [0.1, 0.15) is 41.6 Å². The summed E-state index contributed by atoms with van der Waals surface area (Å²) in [4.78, 5) is 59.0. The number of nitrogens with zero attached hydrogens (tertiary/aromatic N) is 6. The van der Waals surface area contributed by atoms with Gasteiger partial charge in [-0.05, 0) is 74.1 Å². The van der Waals surface area contributed by atoms with Crippen molar-refractivity contribution in [3.05, 3.63) is 76.3 Å². The van der Waals surface area contributed by atoms with Gasteiger partial charge in [0.25, 0.3) is 12.4 Å². The summed E-state index contributed by atoms with van der Waals surface area (Å²) in [5.74, 6) is 0.714. The standard InChI is InChI=1S/C42H51N7O9S.CH2O2/c1-45(2)30-13-9-12-28(19-30)41(51)48-16-7-8-18-49(59(53,54)31-14-15-35-34(21-31)46(3)42(52)58-35)25-29-20-32-33(22-36(55-4)39(57-6)38(32)56-5)44-40(29)47-17-10-11-27(24-47)23-43-37(50)26-48;2-1-3/h9,12-15,19-22,27H,7-8,10-11,16-18,23-26H2,1-6H3,(H,43,50);1H,(H,2,3). The number of nitrogens with one attached hydrogen (secondary N) is 1. The summed E-state index contributed by atoms with van der Waals surface area (Å²) < 4.78 is 54.9. The van der Waals surface area contributed by atoms with Crippen LogP contribution in [0.15, 0.2) is 68.7 Å². The number of hydrogen-bond acceptors (Lipinski definition) is 13. The largest absolute Gasteiger partial charge is 0.493 e. The van der Waals surface area contributed by atoms with Crippen molar-refractivity contribution >= 4 is 61.8 Å². The molecule has 62 heavy (non-hydrogen) atoms. The zero-order valence-corrected chi connectivity index (χ0v) is 36.6. The Morgan fingerprint density at radius 1 is 0.952 bits per heavy atom. The molecule has 3 aromatic carbocycles. The Hall–Kier alpha value is -6.34. The molecule has 1 unspecified atom stereocenters. The van der Waals surface area contributed by atoms with Crippen molar-refractivity contribution in [3.8, 4) is 17.2 Å². The molecule has 0 radical (unpaired) electrons. The Balaban J connectivity index is 0.00000208. The highest BCUT2D eigenvalue weighted by Crippen LogP contribution is 2.44. The maximum Gasteiger partial charge on any atom is 0.419 e. The molecular weight excluding hydrogens is 823 g/mol. The van der Waals surface area contributed by atoms with E-state index in [-0.39, 0.29) is 60.9 Å². The number of anilines is 2. The Morgan fingerprint density at radius 2 is 1.69 bits per heavy atom. The van der Waals surface area contributed by atoms with Crippen LogP contribution in [-0.4, -0.2) is 125 Å². The number of aromatic nitrogens is 2. The number of aryl methyl sites for hydroxylation is 1. The quantitative estimate of drug-likeness (QED) is 0.223. The molecule has 4 heterocycles. The van der Waals surface area contributed by atoms with E-state index in [2.05, 4.69) is 10.2 Å². The maximum atomic E-state index is 14.9. The first kappa shape index (κ1) is 45.2. The lowest BCUT2D eigenvalue weighted by Crippen LogP contribution is -2.45. The minimum absolute atomic E-state index is 0.0117. The predicted molar refractivity (Wildman–Crippen MR) is 233 cm³/mol.